The number of nitrogens with one attached hydrogen (secondary N) is 1. The third-order valence-corrected chi connectivity index (χ3v) is 6.78. The summed E-state index contributed by atoms with van der Waals surface area (Å²) in [4.78, 5) is 44.5. The quantitative estimate of drug-likeness (QED) is 0.567. The Kier molecular flexibility index (Phi) is 7.59. The van der Waals surface area contributed by atoms with Crippen LogP contribution in [0.4, 0.5) is 11.4 Å². The van der Waals surface area contributed by atoms with E-state index in [2.05, 4.69) is 22.3 Å². The molecule has 3 amide bonds. The predicted octanol–water partition coefficient (Wildman–Crippen LogP) is 3.49. The van der Waals surface area contributed by atoms with Gasteiger partial charge in [-0.25, -0.2) is 0 Å². The summed E-state index contributed by atoms with van der Waals surface area (Å²) in [6.07, 6.45) is 0.239. The molecule has 0 aliphatic carbocycles. The molecular formula is C26H28N4O3S. The van der Waals surface area contributed by atoms with Gasteiger partial charge in [-0.1, -0.05) is 36.4 Å². The van der Waals surface area contributed by atoms with Gasteiger partial charge in [-0.15, -0.1) is 11.3 Å². The number of anilines is 2. The number of nitrogens with zero attached hydrogens (tertiary/aromatic N) is 3. The van der Waals surface area contributed by atoms with Crippen LogP contribution in [0.15, 0.2) is 72.1 Å². The summed E-state index contributed by atoms with van der Waals surface area (Å²) in [6, 6.07) is 20.8. The van der Waals surface area contributed by atoms with Gasteiger partial charge in [0.25, 0.3) is 11.8 Å². The summed E-state index contributed by atoms with van der Waals surface area (Å²) in [7, 11) is 1.66. The Hall–Kier alpha value is -3.65. The number of hydrogen-bond acceptors (Lipinski definition) is 5. The molecule has 2 aromatic carbocycles. The minimum Gasteiger partial charge on any atom is -0.368 e. The van der Waals surface area contributed by atoms with Gasteiger partial charge in [-0.05, 0) is 35.7 Å². The van der Waals surface area contributed by atoms with Crippen molar-refractivity contribution < 1.29 is 14.4 Å². The van der Waals surface area contributed by atoms with Gasteiger partial charge in [0.1, 0.15) is 0 Å². The van der Waals surface area contributed by atoms with Crippen LogP contribution in [0, 0.1) is 0 Å². The summed E-state index contributed by atoms with van der Waals surface area (Å²) in [5.74, 6) is -0.436. The van der Waals surface area contributed by atoms with E-state index < -0.39 is 0 Å². The zero-order valence-corrected chi connectivity index (χ0v) is 20.0. The van der Waals surface area contributed by atoms with Crippen LogP contribution in [0.2, 0.25) is 0 Å². The maximum absolute atomic E-state index is 12.9. The molecule has 2 heterocycles. The van der Waals surface area contributed by atoms with Crippen LogP contribution in [0.25, 0.3) is 0 Å². The van der Waals surface area contributed by atoms with Gasteiger partial charge in [0.2, 0.25) is 5.91 Å². The molecule has 176 valence electrons. The molecular weight excluding hydrogens is 448 g/mol. The average Bonchev–Trinajstić information content (AvgIpc) is 3.43. The molecule has 7 nitrogen and oxygen atoms in total. The fourth-order valence-corrected chi connectivity index (χ4v) is 4.72. The molecule has 1 aliphatic heterocycles. The second kappa shape index (κ2) is 11.0. The molecule has 0 atom stereocenters. The fraction of sp³-hybridized carbons (Fsp3) is 0.269. The predicted molar refractivity (Wildman–Crippen MR) is 136 cm³/mol. The number of carbonyl (C=O) groups excluding carboxylic acids is 3. The molecule has 1 fully saturated rings. The van der Waals surface area contributed by atoms with Crippen molar-refractivity contribution >= 4 is 40.4 Å². The van der Waals surface area contributed by atoms with Gasteiger partial charge in [0.15, 0.2) is 0 Å². The number of benzene rings is 2. The van der Waals surface area contributed by atoms with Crippen molar-refractivity contribution in [2.75, 3.05) is 49.6 Å². The lowest BCUT2D eigenvalue weighted by molar-refractivity contribution is -0.131. The van der Waals surface area contributed by atoms with Gasteiger partial charge in [-0.3, -0.25) is 14.4 Å². The third kappa shape index (κ3) is 5.46. The first kappa shape index (κ1) is 23.5. The van der Waals surface area contributed by atoms with E-state index in [1.807, 2.05) is 34.5 Å². The molecule has 34 heavy (non-hydrogen) atoms. The Morgan fingerprint density at radius 2 is 1.62 bits per heavy atom. The first-order chi connectivity index (χ1) is 16.5. The molecule has 4 rings (SSSR count). The second-order valence-corrected chi connectivity index (χ2v) is 9.02. The van der Waals surface area contributed by atoms with Crippen LogP contribution in [0.5, 0.6) is 0 Å². The lowest BCUT2D eigenvalue weighted by Crippen LogP contribution is -2.49. The Morgan fingerprint density at radius 3 is 2.32 bits per heavy atom. The summed E-state index contributed by atoms with van der Waals surface area (Å²) in [5.41, 5.74) is 2.10. The van der Waals surface area contributed by atoms with Crippen molar-refractivity contribution in [1.29, 1.82) is 0 Å². The monoisotopic (exact) mass is 476 g/mol. The highest BCUT2D eigenvalue weighted by Gasteiger charge is 2.22. The standard InChI is InChI=1S/C26H28N4O3S/c1-28(26(33)23-12-7-19-34-23)22-11-6-5-10-21(22)25(32)27-14-13-24(31)30-17-15-29(16-18-30)20-8-3-2-4-9-20/h2-12,19H,13-18H2,1H3,(H,27,32). The number of hydrogen-bond donors (Lipinski definition) is 1. The molecule has 0 radical (unpaired) electrons. The second-order valence-electron chi connectivity index (χ2n) is 8.07. The normalized spacial score (nSPS) is 13.4. The number of piperazine rings is 1. The molecule has 1 aromatic heterocycles. The molecule has 1 saturated heterocycles. The van der Waals surface area contributed by atoms with Crippen LogP contribution >= 0.6 is 11.3 Å². The molecule has 0 spiro atoms. The van der Waals surface area contributed by atoms with Crippen molar-refractivity contribution in [3.8, 4) is 0 Å². The number of rotatable bonds is 7. The van der Waals surface area contributed by atoms with Gasteiger partial charge in [0, 0.05) is 51.9 Å². The average molecular weight is 477 g/mol. The Bertz CT molecular complexity index is 1130. The minimum absolute atomic E-state index is 0.0336. The van der Waals surface area contributed by atoms with Crippen molar-refractivity contribution in [1.82, 2.24) is 10.2 Å². The summed E-state index contributed by atoms with van der Waals surface area (Å²) in [6.45, 7) is 3.16. The number of thiophene rings is 1. The van der Waals surface area contributed by atoms with E-state index >= 15 is 0 Å². The maximum atomic E-state index is 12.9. The number of para-hydroxylation sites is 2. The van der Waals surface area contributed by atoms with Crippen molar-refractivity contribution in [2.24, 2.45) is 0 Å². The van der Waals surface area contributed by atoms with E-state index in [-0.39, 0.29) is 30.7 Å². The molecule has 3 aromatic rings. The molecule has 1 N–H and O–H groups in total. The highest BCUT2D eigenvalue weighted by atomic mass is 32.1. The Morgan fingerprint density at radius 1 is 0.912 bits per heavy atom. The van der Waals surface area contributed by atoms with Crippen LogP contribution in [-0.4, -0.2) is 62.4 Å². The first-order valence-electron chi connectivity index (χ1n) is 11.3. The SMILES string of the molecule is CN(C(=O)c1cccs1)c1ccccc1C(=O)NCCC(=O)N1CCN(c2ccccc2)CC1. The highest BCUT2D eigenvalue weighted by Crippen LogP contribution is 2.22. The Balaban J connectivity index is 1.28. The lowest BCUT2D eigenvalue weighted by atomic mass is 10.1. The smallest absolute Gasteiger partial charge is 0.268 e. The van der Waals surface area contributed by atoms with Crippen LogP contribution in [-0.2, 0) is 4.79 Å². The van der Waals surface area contributed by atoms with Gasteiger partial charge in [-0.2, -0.15) is 0 Å². The van der Waals surface area contributed by atoms with Crippen molar-refractivity contribution in [3.63, 3.8) is 0 Å². The molecule has 0 bridgehead atoms. The zero-order chi connectivity index (χ0) is 23.9. The van der Waals surface area contributed by atoms with Crippen LogP contribution in [0.1, 0.15) is 26.5 Å². The first-order valence-corrected chi connectivity index (χ1v) is 12.2. The van der Waals surface area contributed by atoms with E-state index in [0.29, 0.717) is 29.2 Å². The summed E-state index contributed by atoms with van der Waals surface area (Å²) in [5, 5.41) is 4.69. The van der Waals surface area contributed by atoms with E-state index in [4.69, 9.17) is 0 Å². The van der Waals surface area contributed by atoms with Crippen LogP contribution in [0.3, 0.4) is 0 Å². The van der Waals surface area contributed by atoms with E-state index in [1.54, 1.807) is 37.4 Å². The van der Waals surface area contributed by atoms with Crippen LogP contribution < -0.4 is 15.1 Å². The lowest BCUT2D eigenvalue weighted by Gasteiger charge is -2.36. The molecule has 1 aliphatic rings. The maximum Gasteiger partial charge on any atom is 0.268 e. The number of amides is 3. The Labute approximate surface area is 203 Å². The third-order valence-electron chi connectivity index (χ3n) is 5.92. The van der Waals surface area contributed by atoms with E-state index in [0.717, 1.165) is 13.1 Å². The summed E-state index contributed by atoms with van der Waals surface area (Å²) >= 11 is 1.36. The molecule has 0 saturated carbocycles. The largest absolute Gasteiger partial charge is 0.368 e. The molecule has 0 unspecified atom stereocenters. The minimum atomic E-state index is -0.303. The van der Waals surface area contributed by atoms with E-state index in [9.17, 15) is 14.4 Å². The van der Waals surface area contributed by atoms with Crippen molar-refractivity contribution in [2.45, 2.75) is 6.42 Å². The zero-order valence-electron chi connectivity index (χ0n) is 19.1. The highest BCUT2D eigenvalue weighted by molar-refractivity contribution is 7.12. The van der Waals surface area contributed by atoms with Crippen molar-refractivity contribution in [3.05, 3.63) is 82.6 Å². The van der Waals surface area contributed by atoms with Gasteiger partial charge >= 0.3 is 0 Å². The van der Waals surface area contributed by atoms with Gasteiger partial charge in [0.05, 0.1) is 16.1 Å². The number of carbonyl (C=O) groups is 3. The topological polar surface area (TPSA) is 73.0 Å². The summed E-state index contributed by atoms with van der Waals surface area (Å²) < 4.78 is 0. The van der Waals surface area contributed by atoms with Gasteiger partial charge < -0.3 is 20.0 Å². The van der Waals surface area contributed by atoms with E-state index in [1.165, 1.54) is 21.9 Å². The fourth-order valence-electron chi connectivity index (χ4n) is 4.02. The molecule has 8 heteroatoms.